The molecule has 144 valence electrons. The Morgan fingerprint density at radius 3 is 2.61 bits per heavy atom. The summed E-state index contributed by atoms with van der Waals surface area (Å²) in [5.74, 6) is 1.44. The molecule has 0 unspecified atom stereocenters. The zero-order valence-corrected chi connectivity index (χ0v) is 16.7. The molecule has 0 aliphatic carbocycles. The van der Waals surface area contributed by atoms with Crippen molar-refractivity contribution in [1.82, 2.24) is 15.0 Å². The van der Waals surface area contributed by atoms with Crippen molar-refractivity contribution in [1.29, 1.82) is 0 Å². The topological polar surface area (TPSA) is 77.0 Å². The highest BCUT2D eigenvalue weighted by molar-refractivity contribution is 6.30. The number of ether oxygens (including phenoxy) is 1. The summed E-state index contributed by atoms with van der Waals surface area (Å²) >= 11 is 5.99. The van der Waals surface area contributed by atoms with Gasteiger partial charge in [-0.2, -0.15) is 0 Å². The van der Waals surface area contributed by atoms with Crippen molar-refractivity contribution in [3.8, 4) is 0 Å². The quantitative estimate of drug-likeness (QED) is 0.611. The number of aryl methyl sites for hydroxylation is 2. The Kier molecular flexibility index (Phi) is 6.21. The minimum absolute atomic E-state index is 0.319. The number of hydrogen-bond donors (Lipinski definition) is 1. The molecule has 0 spiro atoms. The second-order valence-corrected chi connectivity index (χ2v) is 6.70. The number of anilines is 2. The van der Waals surface area contributed by atoms with E-state index in [1.807, 2.05) is 38.1 Å². The largest absolute Gasteiger partial charge is 0.462 e. The monoisotopic (exact) mass is 396 g/mol. The van der Waals surface area contributed by atoms with Crippen molar-refractivity contribution < 1.29 is 9.53 Å². The first-order valence-corrected chi connectivity index (χ1v) is 9.33. The molecule has 0 saturated heterocycles. The van der Waals surface area contributed by atoms with Gasteiger partial charge in [-0.3, -0.25) is 0 Å². The smallest absolute Gasteiger partial charge is 0.338 e. The molecule has 0 fully saturated rings. The molecule has 7 heteroatoms. The number of rotatable bonds is 6. The van der Waals surface area contributed by atoms with E-state index in [2.05, 4.69) is 20.3 Å². The van der Waals surface area contributed by atoms with Crippen LogP contribution in [0.4, 0.5) is 11.6 Å². The van der Waals surface area contributed by atoms with Gasteiger partial charge in [0.25, 0.3) is 0 Å². The van der Waals surface area contributed by atoms with E-state index < -0.39 is 0 Å². The number of esters is 1. The van der Waals surface area contributed by atoms with Gasteiger partial charge < -0.3 is 10.1 Å². The molecule has 0 saturated carbocycles. The number of pyridine rings is 1. The Hall–Kier alpha value is -2.99. The van der Waals surface area contributed by atoms with Crippen LogP contribution in [0.25, 0.3) is 0 Å². The lowest BCUT2D eigenvalue weighted by Crippen LogP contribution is -2.09. The summed E-state index contributed by atoms with van der Waals surface area (Å²) in [4.78, 5) is 25.3. The summed E-state index contributed by atoms with van der Waals surface area (Å²) < 4.78 is 5.05. The first-order chi connectivity index (χ1) is 13.5. The van der Waals surface area contributed by atoms with Crippen molar-refractivity contribution in [2.24, 2.45) is 0 Å². The van der Waals surface area contributed by atoms with Crippen molar-refractivity contribution in [3.05, 3.63) is 75.8 Å². The number of carbonyl (C=O) groups is 1. The Balaban J connectivity index is 1.92. The zero-order chi connectivity index (χ0) is 20.1. The minimum Gasteiger partial charge on any atom is -0.462 e. The van der Waals surface area contributed by atoms with Gasteiger partial charge in [0, 0.05) is 28.9 Å². The number of halogens is 1. The van der Waals surface area contributed by atoms with E-state index in [1.165, 1.54) is 0 Å². The van der Waals surface area contributed by atoms with Gasteiger partial charge in [-0.15, -0.1) is 0 Å². The number of nitrogens with zero attached hydrogens (tertiary/aromatic N) is 3. The Labute approximate surface area is 169 Å². The van der Waals surface area contributed by atoms with E-state index in [4.69, 9.17) is 16.3 Å². The van der Waals surface area contributed by atoms with Crippen LogP contribution in [-0.4, -0.2) is 27.5 Å². The summed E-state index contributed by atoms with van der Waals surface area (Å²) in [5, 5.41) is 3.92. The third kappa shape index (κ3) is 4.84. The molecular weight excluding hydrogens is 376 g/mol. The molecule has 0 radical (unpaired) electrons. The molecule has 2 heterocycles. The fourth-order valence-electron chi connectivity index (χ4n) is 2.82. The van der Waals surface area contributed by atoms with Crippen LogP contribution in [-0.2, 0) is 11.2 Å². The van der Waals surface area contributed by atoms with Crippen LogP contribution < -0.4 is 5.32 Å². The molecule has 0 aliphatic rings. The minimum atomic E-state index is -0.385. The maximum absolute atomic E-state index is 12.0. The van der Waals surface area contributed by atoms with E-state index in [0.29, 0.717) is 41.1 Å². The highest BCUT2D eigenvalue weighted by atomic mass is 35.5. The van der Waals surface area contributed by atoms with Crippen LogP contribution in [0.1, 0.15) is 39.9 Å². The van der Waals surface area contributed by atoms with Crippen LogP contribution in [0, 0.1) is 13.8 Å². The normalized spacial score (nSPS) is 10.6. The number of benzene rings is 1. The molecule has 2 aromatic heterocycles. The number of aromatic nitrogens is 3. The first kappa shape index (κ1) is 19.8. The second kappa shape index (κ2) is 8.80. The fourth-order valence-corrected chi connectivity index (χ4v) is 2.94. The summed E-state index contributed by atoms with van der Waals surface area (Å²) in [5.41, 5.74) is 3.36. The summed E-state index contributed by atoms with van der Waals surface area (Å²) in [6.45, 7) is 5.88. The summed E-state index contributed by atoms with van der Waals surface area (Å²) in [7, 11) is 0. The third-order valence-electron chi connectivity index (χ3n) is 4.14. The number of nitrogens with one attached hydrogen (secondary N) is 1. The molecule has 0 amide bonds. The predicted octanol–water partition coefficient (Wildman–Crippen LogP) is 4.65. The van der Waals surface area contributed by atoms with Gasteiger partial charge >= 0.3 is 5.97 Å². The molecule has 1 N–H and O–H groups in total. The Bertz CT molecular complexity index is 990. The fraction of sp³-hybridized carbons (Fsp3) is 0.238. The van der Waals surface area contributed by atoms with E-state index >= 15 is 0 Å². The van der Waals surface area contributed by atoms with E-state index in [9.17, 15) is 4.79 Å². The van der Waals surface area contributed by atoms with Crippen LogP contribution in [0.15, 0.2) is 42.6 Å². The Morgan fingerprint density at radius 1 is 1.14 bits per heavy atom. The molecule has 3 rings (SSSR count). The molecule has 6 nitrogen and oxygen atoms in total. The number of carbonyl (C=O) groups excluding carboxylic acids is 1. The second-order valence-electron chi connectivity index (χ2n) is 6.26. The average Bonchev–Trinajstić information content (AvgIpc) is 2.66. The van der Waals surface area contributed by atoms with Gasteiger partial charge in [0.05, 0.1) is 12.2 Å². The van der Waals surface area contributed by atoms with Gasteiger partial charge in [0.15, 0.2) is 0 Å². The van der Waals surface area contributed by atoms with Crippen molar-refractivity contribution >= 4 is 29.2 Å². The summed E-state index contributed by atoms with van der Waals surface area (Å²) in [6.07, 6.45) is 2.21. The summed E-state index contributed by atoms with van der Waals surface area (Å²) in [6, 6.07) is 10.9. The predicted molar refractivity (Wildman–Crippen MR) is 109 cm³/mol. The highest BCUT2D eigenvalue weighted by Crippen LogP contribution is 2.24. The van der Waals surface area contributed by atoms with Crippen LogP contribution in [0.5, 0.6) is 0 Å². The third-order valence-corrected chi connectivity index (χ3v) is 4.39. The maximum atomic E-state index is 12.0. The zero-order valence-electron chi connectivity index (χ0n) is 16.0. The highest BCUT2D eigenvalue weighted by Gasteiger charge is 2.14. The van der Waals surface area contributed by atoms with Crippen molar-refractivity contribution in [3.63, 3.8) is 0 Å². The van der Waals surface area contributed by atoms with Gasteiger partial charge in [-0.05, 0) is 50.6 Å². The molecule has 3 aromatic rings. The van der Waals surface area contributed by atoms with Crippen molar-refractivity contribution in [2.75, 3.05) is 11.9 Å². The lowest BCUT2D eigenvalue weighted by atomic mass is 10.0. The molecular formula is C21H21ClN4O2. The van der Waals surface area contributed by atoms with Crippen LogP contribution >= 0.6 is 11.6 Å². The standard InChI is InChI=1S/C21H21ClN4O2/c1-4-28-21(27)16-9-10-23-19(12-16)26-20-18(13(2)24-14(3)25-20)11-15-5-7-17(22)8-6-15/h5-10,12H,4,11H2,1-3H3,(H,23,24,25,26). The molecule has 0 bridgehead atoms. The maximum Gasteiger partial charge on any atom is 0.338 e. The lowest BCUT2D eigenvalue weighted by Gasteiger charge is -2.14. The average molecular weight is 397 g/mol. The first-order valence-electron chi connectivity index (χ1n) is 8.95. The van der Waals surface area contributed by atoms with Gasteiger partial charge in [-0.1, -0.05) is 23.7 Å². The molecule has 0 atom stereocenters. The lowest BCUT2D eigenvalue weighted by molar-refractivity contribution is 0.0526. The van der Waals surface area contributed by atoms with Gasteiger partial charge in [0.1, 0.15) is 17.5 Å². The van der Waals surface area contributed by atoms with Gasteiger partial charge in [-0.25, -0.2) is 19.7 Å². The van der Waals surface area contributed by atoms with Gasteiger partial charge in [0.2, 0.25) is 0 Å². The molecule has 1 aromatic carbocycles. The molecule has 0 aliphatic heterocycles. The molecule has 28 heavy (non-hydrogen) atoms. The van der Waals surface area contributed by atoms with Crippen LogP contribution in [0.2, 0.25) is 5.02 Å². The van der Waals surface area contributed by atoms with Crippen molar-refractivity contribution in [2.45, 2.75) is 27.2 Å². The SMILES string of the molecule is CCOC(=O)c1ccnc(Nc2nc(C)nc(C)c2Cc2ccc(Cl)cc2)c1. The van der Waals surface area contributed by atoms with E-state index in [1.54, 1.807) is 25.3 Å². The number of hydrogen-bond acceptors (Lipinski definition) is 6. The van der Waals surface area contributed by atoms with E-state index in [-0.39, 0.29) is 5.97 Å². The van der Waals surface area contributed by atoms with Crippen LogP contribution in [0.3, 0.4) is 0 Å². The Morgan fingerprint density at radius 2 is 1.89 bits per heavy atom. The van der Waals surface area contributed by atoms with E-state index in [0.717, 1.165) is 16.8 Å².